The van der Waals surface area contributed by atoms with Gasteiger partial charge in [0.1, 0.15) is 0 Å². The number of carbonyl (C=O) groups is 2. The van der Waals surface area contributed by atoms with Gasteiger partial charge in [0, 0.05) is 31.6 Å². The van der Waals surface area contributed by atoms with Crippen LogP contribution in [0.4, 0.5) is 4.79 Å². The normalized spacial score (nSPS) is 15.8. The quantitative estimate of drug-likeness (QED) is 0.763. The highest BCUT2D eigenvalue weighted by Gasteiger charge is 2.30. The number of likely N-dealkylation sites (tertiary alicyclic amines) is 1. The highest BCUT2D eigenvalue weighted by Crippen LogP contribution is 2.26. The minimum atomic E-state index is -0.325. The van der Waals surface area contributed by atoms with Crippen LogP contribution >= 0.6 is 11.3 Å². The lowest BCUT2D eigenvalue weighted by Gasteiger charge is -2.35. The minimum absolute atomic E-state index is 0. The largest absolute Gasteiger partial charge is 0.415 e. The van der Waals surface area contributed by atoms with Crippen LogP contribution in [-0.2, 0) is 0 Å². The van der Waals surface area contributed by atoms with Crippen molar-refractivity contribution in [1.29, 1.82) is 0 Å². The van der Waals surface area contributed by atoms with Gasteiger partial charge < -0.3 is 15.0 Å². The van der Waals surface area contributed by atoms with E-state index in [9.17, 15) is 9.59 Å². The van der Waals surface area contributed by atoms with Gasteiger partial charge in [-0.15, -0.1) is 11.3 Å². The fourth-order valence-electron chi connectivity index (χ4n) is 3.82. The molecule has 1 atom stereocenters. The molecular weight excluding hydrogens is 386 g/mol. The van der Waals surface area contributed by atoms with Crippen LogP contribution in [-0.4, -0.2) is 41.0 Å². The average Bonchev–Trinajstić information content (AvgIpc) is 3.15. The van der Waals surface area contributed by atoms with E-state index in [4.69, 9.17) is 4.74 Å². The zero-order valence-corrected chi connectivity index (χ0v) is 18.3. The molecule has 3 rings (SSSR count). The molecule has 0 aromatic carbocycles. The third-order valence-corrected chi connectivity index (χ3v) is 6.56. The Balaban J connectivity index is 0.00000320. The molecule has 2 aromatic heterocycles. The van der Waals surface area contributed by atoms with E-state index in [1.807, 2.05) is 39.0 Å². The number of rotatable bonds is 5. The Morgan fingerprint density at radius 3 is 2.59 bits per heavy atom. The molecule has 6 nitrogen and oxygen atoms in total. The summed E-state index contributed by atoms with van der Waals surface area (Å²) in [5.74, 6) is 0.903. The first kappa shape index (κ1) is 21.3. The molecule has 0 spiro atoms. The van der Waals surface area contributed by atoms with Crippen LogP contribution in [0.3, 0.4) is 0 Å². The van der Waals surface area contributed by atoms with Gasteiger partial charge in [-0.05, 0) is 69.7 Å². The maximum Gasteiger partial charge on any atom is 0.415 e. The molecule has 0 saturated carbocycles. The van der Waals surface area contributed by atoms with Crippen LogP contribution in [0.2, 0.25) is 0 Å². The summed E-state index contributed by atoms with van der Waals surface area (Å²) >= 11 is 1.52. The van der Waals surface area contributed by atoms with E-state index in [-0.39, 0.29) is 19.5 Å². The van der Waals surface area contributed by atoms with Crippen molar-refractivity contribution in [3.63, 3.8) is 0 Å². The first-order valence-electron chi connectivity index (χ1n) is 10.1. The van der Waals surface area contributed by atoms with E-state index in [2.05, 4.69) is 17.2 Å². The highest BCUT2D eigenvalue weighted by molar-refractivity contribution is 7.13. The number of aromatic nitrogens is 1. The summed E-state index contributed by atoms with van der Waals surface area (Å²) in [5, 5.41) is 3.19. The predicted octanol–water partition coefficient (Wildman–Crippen LogP) is 4.73. The zero-order chi connectivity index (χ0) is 21.0. The number of ether oxygens (including phenoxy) is 1. The van der Waals surface area contributed by atoms with Gasteiger partial charge in [0.2, 0.25) is 0 Å². The predicted molar refractivity (Wildman–Crippen MR) is 117 cm³/mol. The maximum absolute atomic E-state index is 12.6. The first-order chi connectivity index (χ1) is 13.9. The third-order valence-electron chi connectivity index (χ3n) is 5.56. The number of pyridine rings is 1. The SMILES string of the molecule is CC[C@@H](NC(=O)c1ccc(C)s1)C1CCN(C(=O)Oc2c(C)ccnc2C)CC1.[HH]. The Morgan fingerprint density at radius 2 is 2.00 bits per heavy atom. The molecule has 1 fully saturated rings. The fraction of sp³-hybridized carbons (Fsp3) is 0.500. The summed E-state index contributed by atoms with van der Waals surface area (Å²) in [6.07, 6.45) is 3.96. The molecule has 0 aliphatic carbocycles. The van der Waals surface area contributed by atoms with Crippen molar-refractivity contribution in [2.45, 2.75) is 53.0 Å². The van der Waals surface area contributed by atoms with Crippen molar-refractivity contribution in [2.24, 2.45) is 5.92 Å². The Morgan fingerprint density at radius 1 is 1.28 bits per heavy atom. The standard InChI is InChI=1S/C22H29N3O3S.H2/c1-5-18(24-21(26)19-7-6-15(3)29-19)17-9-12-25(13-10-17)22(27)28-20-14(2)8-11-23-16(20)4;/h6-8,11,17-18H,5,9-10,12-13H2,1-4H3,(H,24,26);1H/t18-;/m1./s1. The highest BCUT2D eigenvalue weighted by atomic mass is 32.1. The van der Waals surface area contributed by atoms with Crippen molar-refractivity contribution < 1.29 is 15.8 Å². The number of nitrogens with one attached hydrogen (secondary N) is 1. The molecule has 2 amide bonds. The number of thiophene rings is 1. The molecule has 1 saturated heterocycles. The van der Waals surface area contributed by atoms with Crippen molar-refractivity contribution in [3.05, 3.63) is 45.4 Å². The summed E-state index contributed by atoms with van der Waals surface area (Å²) in [6, 6.07) is 5.80. The Bertz CT molecular complexity index is 858. The number of nitrogens with zero attached hydrogens (tertiary/aromatic N) is 2. The van der Waals surface area contributed by atoms with Gasteiger partial charge in [-0.1, -0.05) is 6.92 Å². The molecule has 2 aromatic rings. The van der Waals surface area contributed by atoms with Crippen molar-refractivity contribution >= 4 is 23.3 Å². The van der Waals surface area contributed by atoms with Crippen LogP contribution in [0.1, 0.15) is 53.4 Å². The van der Waals surface area contributed by atoms with Gasteiger partial charge >= 0.3 is 6.09 Å². The molecular formula is C22H31N3O3S. The summed E-state index contributed by atoms with van der Waals surface area (Å²) in [4.78, 5) is 32.9. The molecule has 7 heteroatoms. The molecule has 0 radical (unpaired) electrons. The second-order valence-corrected chi connectivity index (χ2v) is 8.92. The molecule has 1 aliphatic heterocycles. The second-order valence-electron chi connectivity index (χ2n) is 7.63. The lowest BCUT2D eigenvalue weighted by Crippen LogP contribution is -2.47. The maximum atomic E-state index is 12.6. The number of hydrogen-bond donors (Lipinski definition) is 1. The lowest BCUT2D eigenvalue weighted by atomic mass is 9.88. The number of carbonyl (C=O) groups excluding carboxylic acids is 2. The van der Waals surface area contributed by atoms with Crippen molar-refractivity contribution in [3.8, 4) is 5.75 Å². The fourth-order valence-corrected chi connectivity index (χ4v) is 4.59. The van der Waals surface area contributed by atoms with E-state index >= 15 is 0 Å². The summed E-state index contributed by atoms with van der Waals surface area (Å²) in [7, 11) is 0. The van der Waals surface area contributed by atoms with Crippen LogP contribution in [0.5, 0.6) is 5.75 Å². The summed E-state index contributed by atoms with van der Waals surface area (Å²) in [6.45, 7) is 9.11. The monoisotopic (exact) mass is 417 g/mol. The molecule has 158 valence electrons. The third kappa shape index (κ3) is 5.15. The van der Waals surface area contributed by atoms with Crippen LogP contribution in [0, 0.1) is 26.7 Å². The van der Waals surface area contributed by atoms with Crippen LogP contribution < -0.4 is 10.1 Å². The van der Waals surface area contributed by atoms with Gasteiger partial charge in [-0.2, -0.15) is 0 Å². The smallest absolute Gasteiger partial charge is 0.408 e. The number of hydrogen-bond acceptors (Lipinski definition) is 5. The number of aryl methyl sites for hydroxylation is 3. The Hall–Kier alpha value is -2.41. The van der Waals surface area contributed by atoms with Crippen LogP contribution in [0.25, 0.3) is 0 Å². The van der Waals surface area contributed by atoms with E-state index < -0.39 is 0 Å². The van der Waals surface area contributed by atoms with Crippen molar-refractivity contribution in [2.75, 3.05) is 13.1 Å². The Labute approximate surface area is 177 Å². The molecule has 3 heterocycles. The van der Waals surface area contributed by atoms with E-state index in [0.717, 1.165) is 34.6 Å². The average molecular weight is 418 g/mol. The summed E-state index contributed by atoms with van der Waals surface area (Å²) in [5.41, 5.74) is 1.61. The van der Waals surface area contributed by atoms with Crippen molar-refractivity contribution in [1.82, 2.24) is 15.2 Å². The van der Waals surface area contributed by atoms with Gasteiger partial charge in [-0.25, -0.2) is 4.79 Å². The topological polar surface area (TPSA) is 71.5 Å². The zero-order valence-electron chi connectivity index (χ0n) is 17.5. The van der Waals surface area contributed by atoms with Gasteiger partial charge in [0.25, 0.3) is 5.91 Å². The Kier molecular flexibility index (Phi) is 6.90. The second kappa shape index (κ2) is 9.39. The van der Waals surface area contributed by atoms with Crippen LogP contribution in [0.15, 0.2) is 24.4 Å². The van der Waals surface area contributed by atoms with Gasteiger partial charge in [0.05, 0.1) is 10.6 Å². The number of piperidine rings is 1. The molecule has 1 N–H and O–H groups in total. The van der Waals surface area contributed by atoms with E-state index in [0.29, 0.717) is 30.5 Å². The summed E-state index contributed by atoms with van der Waals surface area (Å²) < 4.78 is 5.62. The molecule has 1 aliphatic rings. The lowest BCUT2D eigenvalue weighted by molar-refractivity contribution is 0.0886. The van der Waals surface area contributed by atoms with E-state index in [1.165, 1.54) is 11.3 Å². The minimum Gasteiger partial charge on any atom is -0.408 e. The van der Waals surface area contributed by atoms with Gasteiger partial charge in [-0.3, -0.25) is 9.78 Å². The molecule has 29 heavy (non-hydrogen) atoms. The molecule has 0 unspecified atom stereocenters. The van der Waals surface area contributed by atoms with Gasteiger partial charge in [0.15, 0.2) is 5.75 Å². The number of amides is 2. The molecule has 0 bridgehead atoms. The van der Waals surface area contributed by atoms with E-state index in [1.54, 1.807) is 11.1 Å². The first-order valence-corrected chi connectivity index (χ1v) is 11.0.